The molecule has 4 rings (SSSR count). The van der Waals surface area contributed by atoms with Crippen molar-refractivity contribution in [3.8, 4) is 5.75 Å². The summed E-state index contributed by atoms with van der Waals surface area (Å²) in [4.78, 5) is 23.2. The van der Waals surface area contributed by atoms with E-state index in [-0.39, 0.29) is 0 Å². The lowest BCUT2D eigenvalue weighted by atomic mass is 9.90. The Bertz CT molecular complexity index is 1040. The Morgan fingerprint density at radius 3 is 2.09 bits per heavy atom. The van der Waals surface area contributed by atoms with Crippen LogP contribution in [-0.4, -0.2) is 35.1 Å². The van der Waals surface area contributed by atoms with Gasteiger partial charge in [0, 0.05) is 18.7 Å². The zero-order valence-corrected chi connectivity index (χ0v) is 19.5. The van der Waals surface area contributed by atoms with Crippen molar-refractivity contribution in [3.05, 3.63) is 101 Å². The van der Waals surface area contributed by atoms with Crippen LogP contribution in [0.2, 0.25) is 0 Å². The summed E-state index contributed by atoms with van der Waals surface area (Å²) in [7, 11) is 0. The van der Waals surface area contributed by atoms with Gasteiger partial charge in [-0.25, -0.2) is 4.79 Å². The molecular weight excluding hydrogens is 428 g/mol. The van der Waals surface area contributed by atoms with E-state index in [0.29, 0.717) is 31.2 Å². The number of carbonyl (C=O) groups is 2. The van der Waals surface area contributed by atoms with E-state index in [1.165, 1.54) is 16.0 Å². The topological polar surface area (TPSA) is 92.9 Å². The van der Waals surface area contributed by atoms with Crippen molar-refractivity contribution in [2.24, 2.45) is 11.7 Å². The Balaban J connectivity index is 0.000000191. The first-order valence-electron chi connectivity index (χ1n) is 11.5. The molecule has 1 aliphatic heterocycles. The molecule has 0 aliphatic carbocycles. The molecule has 0 bridgehead atoms. The molecule has 0 spiro atoms. The first kappa shape index (κ1) is 24.8. The molecule has 3 aromatic carbocycles. The van der Waals surface area contributed by atoms with Crippen LogP contribution in [0.25, 0.3) is 0 Å². The molecule has 6 heteroatoms. The smallest absolute Gasteiger partial charge is 0.407 e. The number of hydrogen-bond acceptors (Lipinski definition) is 3. The van der Waals surface area contributed by atoms with Gasteiger partial charge in [-0.2, -0.15) is 0 Å². The van der Waals surface area contributed by atoms with Crippen molar-refractivity contribution >= 4 is 12.0 Å². The summed E-state index contributed by atoms with van der Waals surface area (Å²) in [5.74, 6) is 0.923. The molecule has 178 valence electrons. The fraction of sp³-hybridized carbons (Fsp3) is 0.286. The van der Waals surface area contributed by atoms with Crippen LogP contribution in [0, 0.1) is 12.8 Å². The number of piperidine rings is 1. The van der Waals surface area contributed by atoms with E-state index in [1.807, 2.05) is 30.3 Å². The number of hydrogen-bond donors (Lipinski definition) is 2. The van der Waals surface area contributed by atoms with Gasteiger partial charge in [0.2, 0.25) is 5.91 Å². The van der Waals surface area contributed by atoms with Crippen LogP contribution in [0.4, 0.5) is 4.79 Å². The molecule has 0 saturated carbocycles. The summed E-state index contributed by atoms with van der Waals surface area (Å²) in [5, 5.41) is 8.87. The highest BCUT2D eigenvalue weighted by Crippen LogP contribution is 2.22. The Kier molecular flexibility index (Phi) is 9.09. The quantitative estimate of drug-likeness (QED) is 0.523. The third-order valence-corrected chi connectivity index (χ3v) is 5.92. The fourth-order valence-electron chi connectivity index (χ4n) is 3.84. The van der Waals surface area contributed by atoms with Crippen molar-refractivity contribution in [1.82, 2.24) is 4.90 Å². The average molecular weight is 461 g/mol. The second-order valence-electron chi connectivity index (χ2n) is 8.57. The Labute approximate surface area is 201 Å². The lowest BCUT2D eigenvalue weighted by Crippen LogP contribution is -2.37. The summed E-state index contributed by atoms with van der Waals surface area (Å²) in [6, 6.07) is 25.3. The third kappa shape index (κ3) is 7.96. The molecule has 0 unspecified atom stereocenters. The highest BCUT2D eigenvalue weighted by atomic mass is 16.5. The maximum absolute atomic E-state index is 10.9. The number of benzene rings is 3. The molecule has 34 heavy (non-hydrogen) atoms. The minimum absolute atomic E-state index is 0.431. The predicted molar refractivity (Wildman–Crippen MR) is 133 cm³/mol. The van der Waals surface area contributed by atoms with Gasteiger partial charge in [-0.3, -0.25) is 4.79 Å². The van der Waals surface area contributed by atoms with Gasteiger partial charge in [0.1, 0.15) is 12.4 Å². The number of carbonyl (C=O) groups excluding carboxylic acids is 1. The fourth-order valence-corrected chi connectivity index (χ4v) is 3.84. The number of amides is 2. The molecule has 0 aromatic heterocycles. The highest BCUT2D eigenvalue weighted by Gasteiger charge is 2.22. The number of aryl methyl sites for hydroxylation is 1. The molecule has 2 amide bonds. The van der Waals surface area contributed by atoms with Gasteiger partial charge in [0.25, 0.3) is 0 Å². The molecule has 3 aromatic rings. The lowest BCUT2D eigenvalue weighted by Gasteiger charge is -2.30. The number of nitrogens with two attached hydrogens (primary N) is 1. The third-order valence-electron chi connectivity index (χ3n) is 5.92. The average Bonchev–Trinajstić information content (AvgIpc) is 2.86. The van der Waals surface area contributed by atoms with Gasteiger partial charge in [-0.15, -0.1) is 0 Å². The molecule has 0 radical (unpaired) electrons. The summed E-state index contributed by atoms with van der Waals surface area (Å²) < 4.78 is 5.57. The Morgan fingerprint density at radius 1 is 0.912 bits per heavy atom. The zero-order valence-electron chi connectivity index (χ0n) is 19.5. The van der Waals surface area contributed by atoms with Crippen LogP contribution in [0.5, 0.6) is 5.75 Å². The first-order chi connectivity index (χ1) is 16.4. The maximum atomic E-state index is 10.9. The van der Waals surface area contributed by atoms with Gasteiger partial charge in [-0.05, 0) is 67.5 Å². The first-order valence-corrected chi connectivity index (χ1v) is 11.5. The number of rotatable bonds is 6. The largest absolute Gasteiger partial charge is 0.489 e. The molecule has 1 saturated heterocycles. The summed E-state index contributed by atoms with van der Waals surface area (Å²) in [6.45, 7) is 3.98. The summed E-state index contributed by atoms with van der Waals surface area (Å²) >= 11 is 0. The highest BCUT2D eigenvalue weighted by molar-refractivity contribution is 5.92. The maximum Gasteiger partial charge on any atom is 0.407 e. The lowest BCUT2D eigenvalue weighted by molar-refractivity contribution is 0.1000. The molecule has 1 aliphatic rings. The number of primary amides is 1. The van der Waals surface area contributed by atoms with Crippen molar-refractivity contribution in [3.63, 3.8) is 0 Å². The van der Waals surface area contributed by atoms with E-state index in [1.54, 1.807) is 24.3 Å². The minimum atomic E-state index is -0.779. The predicted octanol–water partition coefficient (Wildman–Crippen LogP) is 5.29. The molecule has 3 N–H and O–H groups in total. The van der Waals surface area contributed by atoms with Crippen LogP contribution < -0.4 is 10.5 Å². The molecule has 6 nitrogen and oxygen atoms in total. The van der Waals surface area contributed by atoms with Gasteiger partial charge >= 0.3 is 6.09 Å². The standard InChI is InChI=1S/C14H19NO2.C14H13NO2/c1-11-2-4-12(5-3-11)10-13-6-8-15(9-7-13)14(16)17;15-14(16)12-6-8-13(9-7-12)17-10-11-4-2-1-3-5-11/h2-5,13H,6-10H2,1H3,(H,16,17);1-9H,10H2,(H2,15,16). The van der Waals surface area contributed by atoms with Gasteiger partial charge in [0.15, 0.2) is 0 Å². The minimum Gasteiger partial charge on any atom is -0.489 e. The number of nitrogens with zero attached hydrogens (tertiary/aromatic N) is 1. The van der Waals surface area contributed by atoms with Crippen LogP contribution in [0.3, 0.4) is 0 Å². The van der Waals surface area contributed by atoms with E-state index in [4.69, 9.17) is 15.6 Å². The van der Waals surface area contributed by atoms with E-state index in [9.17, 15) is 9.59 Å². The number of likely N-dealkylation sites (tertiary alicyclic amines) is 1. The molecule has 1 fully saturated rings. The van der Waals surface area contributed by atoms with Crippen molar-refractivity contribution in [2.75, 3.05) is 13.1 Å². The van der Waals surface area contributed by atoms with E-state index in [2.05, 4.69) is 31.2 Å². The van der Waals surface area contributed by atoms with Crippen LogP contribution in [0.15, 0.2) is 78.9 Å². The molecule has 1 heterocycles. The summed E-state index contributed by atoms with van der Waals surface area (Å²) in [6.07, 6.45) is 2.27. The van der Waals surface area contributed by atoms with Gasteiger partial charge in [0.05, 0.1) is 0 Å². The van der Waals surface area contributed by atoms with Gasteiger partial charge in [-0.1, -0.05) is 60.2 Å². The second kappa shape index (κ2) is 12.4. The van der Waals surface area contributed by atoms with Crippen molar-refractivity contribution < 1.29 is 19.4 Å². The van der Waals surface area contributed by atoms with E-state index < -0.39 is 12.0 Å². The number of carboxylic acid groups (broad SMARTS) is 1. The molecule has 0 atom stereocenters. The van der Waals surface area contributed by atoms with E-state index in [0.717, 1.165) is 30.6 Å². The summed E-state index contributed by atoms with van der Waals surface area (Å²) in [5.41, 5.74) is 9.39. The van der Waals surface area contributed by atoms with Crippen LogP contribution in [-0.2, 0) is 13.0 Å². The van der Waals surface area contributed by atoms with Crippen LogP contribution in [0.1, 0.15) is 39.9 Å². The van der Waals surface area contributed by atoms with Crippen molar-refractivity contribution in [1.29, 1.82) is 0 Å². The van der Waals surface area contributed by atoms with Crippen LogP contribution >= 0.6 is 0 Å². The van der Waals surface area contributed by atoms with Gasteiger partial charge < -0.3 is 20.5 Å². The Morgan fingerprint density at radius 2 is 1.53 bits per heavy atom. The Hall–Kier alpha value is -3.80. The monoisotopic (exact) mass is 460 g/mol. The zero-order chi connectivity index (χ0) is 24.3. The van der Waals surface area contributed by atoms with Crippen molar-refractivity contribution in [2.45, 2.75) is 32.8 Å². The normalized spacial score (nSPS) is 13.5. The van der Waals surface area contributed by atoms with E-state index >= 15 is 0 Å². The number of ether oxygens (including phenoxy) is 1. The SMILES string of the molecule is Cc1ccc(CC2CCN(C(=O)O)CC2)cc1.NC(=O)c1ccc(OCc2ccccc2)cc1. The second-order valence-corrected chi connectivity index (χ2v) is 8.57. The molecular formula is C28H32N2O4.